The number of benzene rings is 1. The lowest BCUT2D eigenvalue weighted by Crippen LogP contribution is -2.24. The fourth-order valence-corrected chi connectivity index (χ4v) is 2.92. The predicted molar refractivity (Wildman–Crippen MR) is 79.8 cm³/mol. The van der Waals surface area contributed by atoms with Crippen molar-refractivity contribution in [2.75, 3.05) is 12.3 Å². The molecule has 1 nitrogen and oxygen atoms in total. The van der Waals surface area contributed by atoms with Gasteiger partial charge in [-0.3, -0.25) is 0 Å². The van der Waals surface area contributed by atoms with Gasteiger partial charge in [0.1, 0.15) is 5.82 Å². The average molecular weight is 269 g/mol. The molecule has 0 aliphatic carbocycles. The molecule has 18 heavy (non-hydrogen) atoms. The maximum Gasteiger partial charge on any atom is 0.123 e. The Labute approximate surface area is 115 Å². The summed E-state index contributed by atoms with van der Waals surface area (Å²) in [4.78, 5) is 0. The van der Waals surface area contributed by atoms with Gasteiger partial charge in [0.25, 0.3) is 0 Å². The molecule has 0 amide bonds. The molecule has 0 heterocycles. The Kier molecular flexibility index (Phi) is 6.72. The van der Waals surface area contributed by atoms with Crippen LogP contribution in [-0.4, -0.2) is 17.5 Å². The van der Waals surface area contributed by atoms with Crippen molar-refractivity contribution in [1.29, 1.82) is 0 Å². The largest absolute Gasteiger partial charge is 0.309 e. The van der Waals surface area contributed by atoms with E-state index in [9.17, 15) is 4.39 Å². The van der Waals surface area contributed by atoms with E-state index in [0.717, 1.165) is 23.4 Å². The summed E-state index contributed by atoms with van der Waals surface area (Å²) in [6.07, 6.45) is 1.17. The maximum absolute atomic E-state index is 13.4. The highest BCUT2D eigenvalue weighted by Gasteiger charge is 2.15. The van der Waals surface area contributed by atoms with Crippen LogP contribution in [0.3, 0.4) is 0 Å². The summed E-state index contributed by atoms with van der Waals surface area (Å²) in [5.41, 5.74) is 2.25. The fourth-order valence-electron chi connectivity index (χ4n) is 1.87. The number of aryl methyl sites for hydroxylation is 1. The third-order valence-electron chi connectivity index (χ3n) is 3.19. The van der Waals surface area contributed by atoms with Gasteiger partial charge in [-0.1, -0.05) is 26.8 Å². The normalized spacial score (nSPS) is 14.5. The Balaban J connectivity index is 2.79. The van der Waals surface area contributed by atoms with Crippen molar-refractivity contribution in [2.24, 2.45) is 0 Å². The summed E-state index contributed by atoms with van der Waals surface area (Å²) >= 11 is 1.95. The quantitative estimate of drug-likeness (QED) is 0.791. The second kappa shape index (κ2) is 7.80. The van der Waals surface area contributed by atoms with Crippen LogP contribution in [0.2, 0.25) is 0 Å². The van der Waals surface area contributed by atoms with Crippen LogP contribution >= 0.6 is 11.8 Å². The van der Waals surface area contributed by atoms with Crippen molar-refractivity contribution < 1.29 is 4.39 Å². The molecule has 2 unspecified atom stereocenters. The van der Waals surface area contributed by atoms with E-state index in [1.807, 2.05) is 24.8 Å². The van der Waals surface area contributed by atoms with Gasteiger partial charge in [-0.2, -0.15) is 11.8 Å². The molecule has 102 valence electrons. The molecule has 0 radical (unpaired) electrons. The molecule has 0 aromatic heterocycles. The Hall–Kier alpha value is -0.540. The van der Waals surface area contributed by atoms with E-state index in [0.29, 0.717) is 5.25 Å². The van der Waals surface area contributed by atoms with Crippen LogP contribution in [0.1, 0.15) is 44.4 Å². The van der Waals surface area contributed by atoms with Crippen LogP contribution < -0.4 is 5.32 Å². The van der Waals surface area contributed by atoms with E-state index in [1.165, 1.54) is 12.5 Å². The summed E-state index contributed by atoms with van der Waals surface area (Å²) in [5, 5.41) is 4.11. The molecule has 0 fully saturated rings. The second-order valence-corrected chi connectivity index (χ2v) is 6.13. The lowest BCUT2D eigenvalue weighted by Gasteiger charge is -2.21. The van der Waals surface area contributed by atoms with E-state index in [-0.39, 0.29) is 11.9 Å². The molecule has 0 aliphatic heterocycles. The van der Waals surface area contributed by atoms with Crippen molar-refractivity contribution in [3.63, 3.8) is 0 Å². The summed E-state index contributed by atoms with van der Waals surface area (Å²) in [6, 6.07) is 5.30. The summed E-state index contributed by atoms with van der Waals surface area (Å²) < 4.78 is 13.4. The number of hydrogen-bond donors (Lipinski definition) is 1. The first-order chi connectivity index (χ1) is 8.58. The van der Waals surface area contributed by atoms with Gasteiger partial charge in [0.2, 0.25) is 0 Å². The monoisotopic (exact) mass is 269 g/mol. The highest BCUT2D eigenvalue weighted by Crippen LogP contribution is 2.25. The van der Waals surface area contributed by atoms with E-state index in [4.69, 9.17) is 0 Å². The third-order valence-corrected chi connectivity index (χ3v) is 4.62. The molecule has 2 atom stereocenters. The smallest absolute Gasteiger partial charge is 0.123 e. The number of rotatable bonds is 7. The van der Waals surface area contributed by atoms with Gasteiger partial charge in [-0.05, 0) is 43.1 Å². The fraction of sp³-hybridized carbons (Fsp3) is 0.600. The first-order valence-corrected chi connectivity index (χ1v) is 7.74. The molecule has 0 spiro atoms. The van der Waals surface area contributed by atoms with Crippen molar-refractivity contribution >= 4 is 11.8 Å². The number of halogens is 1. The van der Waals surface area contributed by atoms with Crippen molar-refractivity contribution in [3.05, 3.63) is 35.1 Å². The minimum atomic E-state index is -0.146. The maximum atomic E-state index is 13.4. The number of hydrogen-bond acceptors (Lipinski definition) is 2. The molecule has 1 aromatic carbocycles. The molecule has 3 heteroatoms. The van der Waals surface area contributed by atoms with Crippen molar-refractivity contribution in [2.45, 2.75) is 45.4 Å². The highest BCUT2D eigenvalue weighted by atomic mass is 32.2. The van der Waals surface area contributed by atoms with Gasteiger partial charge in [0, 0.05) is 17.0 Å². The number of nitrogens with one attached hydrogen (secondary N) is 1. The molecule has 1 rings (SSSR count). The zero-order chi connectivity index (χ0) is 13.5. The van der Waals surface area contributed by atoms with Crippen LogP contribution in [0.5, 0.6) is 0 Å². The van der Waals surface area contributed by atoms with Gasteiger partial charge < -0.3 is 5.32 Å². The van der Waals surface area contributed by atoms with Crippen LogP contribution in [0, 0.1) is 12.7 Å². The Morgan fingerprint density at radius 3 is 2.67 bits per heavy atom. The Bertz CT molecular complexity index is 368. The highest BCUT2D eigenvalue weighted by molar-refractivity contribution is 7.99. The molecule has 1 aromatic rings. The predicted octanol–water partition coefficient (Wildman–Crippen LogP) is 4.32. The molecule has 0 saturated heterocycles. The molecular formula is C15H24FNS. The van der Waals surface area contributed by atoms with Crippen molar-refractivity contribution in [1.82, 2.24) is 5.32 Å². The molecule has 0 bridgehead atoms. The molecule has 0 saturated carbocycles. The lowest BCUT2D eigenvalue weighted by molar-refractivity contribution is 0.585. The molecular weight excluding hydrogens is 245 g/mol. The van der Waals surface area contributed by atoms with Crippen molar-refractivity contribution in [3.8, 4) is 0 Å². The van der Waals surface area contributed by atoms with E-state index in [1.54, 1.807) is 6.07 Å². The second-order valence-electron chi connectivity index (χ2n) is 4.66. The van der Waals surface area contributed by atoms with E-state index >= 15 is 0 Å². The Morgan fingerprint density at radius 1 is 1.33 bits per heavy atom. The zero-order valence-electron chi connectivity index (χ0n) is 11.8. The van der Waals surface area contributed by atoms with Crippen LogP contribution in [0.15, 0.2) is 18.2 Å². The minimum Gasteiger partial charge on any atom is -0.309 e. The first kappa shape index (κ1) is 15.5. The van der Waals surface area contributed by atoms with E-state index < -0.39 is 0 Å². The minimum absolute atomic E-state index is 0.146. The van der Waals surface area contributed by atoms with Gasteiger partial charge >= 0.3 is 0 Å². The Morgan fingerprint density at radius 2 is 2.06 bits per heavy atom. The van der Waals surface area contributed by atoms with Gasteiger partial charge in [-0.15, -0.1) is 0 Å². The molecule has 1 N–H and O–H groups in total. The van der Waals surface area contributed by atoms with Gasteiger partial charge in [-0.25, -0.2) is 4.39 Å². The van der Waals surface area contributed by atoms with Crippen LogP contribution in [-0.2, 0) is 0 Å². The topological polar surface area (TPSA) is 12.0 Å². The zero-order valence-corrected chi connectivity index (χ0v) is 12.6. The summed E-state index contributed by atoms with van der Waals surface area (Å²) in [5.74, 6) is 0.847. The number of thioether (sulfide) groups is 1. The van der Waals surface area contributed by atoms with E-state index in [2.05, 4.69) is 26.1 Å². The first-order valence-electron chi connectivity index (χ1n) is 6.69. The molecule has 0 aliphatic rings. The van der Waals surface area contributed by atoms with Crippen LogP contribution in [0.25, 0.3) is 0 Å². The van der Waals surface area contributed by atoms with Crippen LogP contribution in [0.4, 0.5) is 4.39 Å². The summed E-state index contributed by atoms with van der Waals surface area (Å²) in [6.45, 7) is 9.49. The standard InChI is InChI=1S/C15H24FNS/c1-5-12(4)18-10-15(17-6-2)14-9-13(16)8-7-11(14)3/h7-9,12,15,17H,5-6,10H2,1-4H3. The van der Waals surface area contributed by atoms with Gasteiger partial charge in [0.15, 0.2) is 0 Å². The SMILES string of the molecule is CCNC(CSC(C)CC)c1cc(F)ccc1C. The van der Waals surface area contributed by atoms with Gasteiger partial charge in [0.05, 0.1) is 0 Å². The summed E-state index contributed by atoms with van der Waals surface area (Å²) in [7, 11) is 0. The third kappa shape index (κ3) is 4.62. The lowest BCUT2D eigenvalue weighted by atomic mass is 10.0. The average Bonchev–Trinajstić information content (AvgIpc) is 2.37.